The van der Waals surface area contributed by atoms with Crippen LogP contribution in [0, 0.1) is 0 Å². The van der Waals surface area contributed by atoms with E-state index in [0.29, 0.717) is 16.5 Å². The van der Waals surface area contributed by atoms with Gasteiger partial charge in [-0.2, -0.15) is 4.98 Å². The molecule has 0 spiro atoms. The molecule has 4 N–H and O–H groups in total. The fourth-order valence-corrected chi connectivity index (χ4v) is 1.75. The van der Waals surface area contributed by atoms with Gasteiger partial charge in [0.25, 0.3) is 0 Å². The summed E-state index contributed by atoms with van der Waals surface area (Å²) in [6.07, 6.45) is 0. The van der Waals surface area contributed by atoms with Crippen molar-refractivity contribution in [2.75, 3.05) is 22.9 Å². The number of rotatable bonds is 4. The molecule has 0 radical (unpaired) electrons. The second-order valence-electron chi connectivity index (χ2n) is 3.84. The minimum Gasteiger partial charge on any atom is -0.368 e. The van der Waals surface area contributed by atoms with Crippen LogP contribution in [-0.2, 0) is 4.79 Å². The maximum Gasteiger partial charge on any atom is 0.243 e. The van der Waals surface area contributed by atoms with E-state index in [0.717, 1.165) is 0 Å². The lowest BCUT2D eigenvalue weighted by Gasteiger charge is -2.07. The third-order valence-electron chi connectivity index (χ3n) is 2.27. The SMILES string of the molecule is Nc1nc(Cl)cc(NCC(=O)Nc2ccc(Cl)cc2)n1. The molecular weight excluding hydrogens is 301 g/mol. The van der Waals surface area contributed by atoms with Gasteiger partial charge in [0.2, 0.25) is 11.9 Å². The fraction of sp³-hybridized carbons (Fsp3) is 0.0833. The maximum atomic E-state index is 11.7. The molecule has 0 fully saturated rings. The van der Waals surface area contributed by atoms with E-state index in [4.69, 9.17) is 28.9 Å². The van der Waals surface area contributed by atoms with Crippen molar-refractivity contribution < 1.29 is 4.79 Å². The first-order valence-electron chi connectivity index (χ1n) is 5.62. The molecule has 1 heterocycles. The predicted octanol–water partition coefficient (Wildman–Crippen LogP) is 2.42. The number of nitrogen functional groups attached to an aromatic ring is 1. The molecule has 104 valence electrons. The maximum absolute atomic E-state index is 11.7. The largest absolute Gasteiger partial charge is 0.368 e. The number of anilines is 3. The summed E-state index contributed by atoms with van der Waals surface area (Å²) in [6, 6.07) is 8.28. The molecule has 0 aliphatic carbocycles. The van der Waals surface area contributed by atoms with Gasteiger partial charge >= 0.3 is 0 Å². The second-order valence-corrected chi connectivity index (χ2v) is 4.67. The van der Waals surface area contributed by atoms with Crippen LogP contribution in [0.1, 0.15) is 0 Å². The van der Waals surface area contributed by atoms with Crippen molar-refractivity contribution in [1.82, 2.24) is 9.97 Å². The molecule has 0 aliphatic heterocycles. The second kappa shape index (κ2) is 6.40. The first-order chi connectivity index (χ1) is 9.52. The van der Waals surface area contributed by atoms with Crippen LogP contribution < -0.4 is 16.4 Å². The predicted molar refractivity (Wildman–Crippen MR) is 80.0 cm³/mol. The molecule has 1 aromatic carbocycles. The van der Waals surface area contributed by atoms with E-state index in [2.05, 4.69) is 20.6 Å². The van der Waals surface area contributed by atoms with E-state index in [1.54, 1.807) is 24.3 Å². The lowest BCUT2D eigenvalue weighted by atomic mass is 10.3. The quantitative estimate of drug-likeness (QED) is 0.754. The van der Waals surface area contributed by atoms with Gasteiger partial charge in [-0.05, 0) is 24.3 Å². The van der Waals surface area contributed by atoms with Crippen LogP contribution in [0.5, 0.6) is 0 Å². The van der Waals surface area contributed by atoms with Crippen molar-refractivity contribution in [2.24, 2.45) is 0 Å². The van der Waals surface area contributed by atoms with Gasteiger partial charge in [-0.1, -0.05) is 23.2 Å². The zero-order valence-electron chi connectivity index (χ0n) is 10.2. The standard InChI is InChI=1S/C12H11Cl2N5O/c13-7-1-3-8(4-2-7)17-11(20)6-16-10-5-9(14)18-12(15)19-10/h1-5H,6H2,(H,17,20)(H3,15,16,18,19). The molecular formula is C12H11Cl2N5O. The van der Waals surface area contributed by atoms with Crippen molar-refractivity contribution in [2.45, 2.75) is 0 Å². The van der Waals surface area contributed by atoms with Crippen LogP contribution in [0.3, 0.4) is 0 Å². The lowest BCUT2D eigenvalue weighted by molar-refractivity contribution is -0.114. The molecule has 0 atom stereocenters. The lowest BCUT2D eigenvalue weighted by Crippen LogP contribution is -2.22. The van der Waals surface area contributed by atoms with Gasteiger partial charge < -0.3 is 16.4 Å². The van der Waals surface area contributed by atoms with Gasteiger partial charge in [-0.25, -0.2) is 4.98 Å². The van der Waals surface area contributed by atoms with Crippen LogP contribution in [0.15, 0.2) is 30.3 Å². The number of aromatic nitrogens is 2. The van der Waals surface area contributed by atoms with Gasteiger partial charge in [-0.15, -0.1) is 0 Å². The monoisotopic (exact) mass is 311 g/mol. The van der Waals surface area contributed by atoms with E-state index >= 15 is 0 Å². The van der Waals surface area contributed by atoms with Crippen molar-refractivity contribution in [3.63, 3.8) is 0 Å². The average Bonchev–Trinajstić information content (AvgIpc) is 2.38. The summed E-state index contributed by atoms with van der Waals surface area (Å²) in [5.41, 5.74) is 6.10. The van der Waals surface area contributed by atoms with Gasteiger partial charge in [-0.3, -0.25) is 4.79 Å². The molecule has 0 saturated heterocycles. The van der Waals surface area contributed by atoms with E-state index in [-0.39, 0.29) is 23.6 Å². The Labute approximate surface area is 125 Å². The third-order valence-corrected chi connectivity index (χ3v) is 2.72. The highest BCUT2D eigenvalue weighted by molar-refractivity contribution is 6.30. The highest BCUT2D eigenvalue weighted by Crippen LogP contribution is 2.14. The third kappa shape index (κ3) is 4.25. The van der Waals surface area contributed by atoms with E-state index in [1.165, 1.54) is 6.07 Å². The number of nitrogens with zero attached hydrogens (tertiary/aromatic N) is 2. The van der Waals surface area contributed by atoms with Crippen LogP contribution in [0.25, 0.3) is 0 Å². The number of carbonyl (C=O) groups is 1. The first kappa shape index (κ1) is 14.4. The van der Waals surface area contributed by atoms with E-state index < -0.39 is 0 Å². The molecule has 1 aromatic heterocycles. The van der Waals surface area contributed by atoms with Crippen molar-refractivity contribution >= 4 is 46.6 Å². The Morgan fingerprint density at radius 2 is 1.90 bits per heavy atom. The number of nitrogens with one attached hydrogen (secondary N) is 2. The molecule has 2 rings (SSSR count). The van der Waals surface area contributed by atoms with Gasteiger partial charge in [0.05, 0.1) is 6.54 Å². The number of nitrogens with two attached hydrogens (primary N) is 1. The Hall–Kier alpha value is -2.05. The molecule has 0 aliphatic rings. The normalized spacial score (nSPS) is 10.1. The summed E-state index contributed by atoms with van der Waals surface area (Å²) in [5.74, 6) is 0.187. The summed E-state index contributed by atoms with van der Waals surface area (Å²) < 4.78 is 0. The van der Waals surface area contributed by atoms with Gasteiger partial charge in [0.15, 0.2) is 0 Å². The Balaban J connectivity index is 1.90. The zero-order valence-corrected chi connectivity index (χ0v) is 11.7. The summed E-state index contributed by atoms with van der Waals surface area (Å²) >= 11 is 11.5. The Bertz CT molecular complexity index is 597. The molecule has 2 aromatic rings. The Morgan fingerprint density at radius 1 is 1.20 bits per heavy atom. The Morgan fingerprint density at radius 3 is 2.55 bits per heavy atom. The molecule has 1 amide bonds. The molecule has 0 saturated carbocycles. The van der Waals surface area contributed by atoms with E-state index in [9.17, 15) is 4.79 Å². The summed E-state index contributed by atoms with van der Waals surface area (Å²) in [7, 11) is 0. The van der Waals surface area contributed by atoms with Crippen LogP contribution in [-0.4, -0.2) is 22.4 Å². The summed E-state index contributed by atoms with van der Waals surface area (Å²) in [6.45, 7) is 0.0232. The van der Waals surface area contributed by atoms with Crippen LogP contribution in [0.4, 0.5) is 17.5 Å². The minimum absolute atomic E-state index is 0.0232. The van der Waals surface area contributed by atoms with E-state index in [1.807, 2.05) is 0 Å². The van der Waals surface area contributed by atoms with Crippen molar-refractivity contribution in [1.29, 1.82) is 0 Å². The molecule has 0 unspecified atom stereocenters. The van der Waals surface area contributed by atoms with Crippen molar-refractivity contribution in [3.05, 3.63) is 40.5 Å². The van der Waals surface area contributed by atoms with Crippen LogP contribution in [0.2, 0.25) is 10.2 Å². The van der Waals surface area contributed by atoms with Gasteiger partial charge in [0, 0.05) is 16.8 Å². The summed E-state index contributed by atoms with van der Waals surface area (Å²) in [4.78, 5) is 19.3. The average molecular weight is 312 g/mol. The summed E-state index contributed by atoms with van der Waals surface area (Å²) in [5, 5.41) is 6.32. The van der Waals surface area contributed by atoms with Gasteiger partial charge in [0.1, 0.15) is 11.0 Å². The molecule has 8 heteroatoms. The topological polar surface area (TPSA) is 92.9 Å². The minimum atomic E-state index is -0.236. The van der Waals surface area contributed by atoms with Crippen LogP contribution >= 0.6 is 23.2 Å². The molecule has 6 nitrogen and oxygen atoms in total. The van der Waals surface area contributed by atoms with Crippen molar-refractivity contribution in [3.8, 4) is 0 Å². The highest BCUT2D eigenvalue weighted by atomic mass is 35.5. The smallest absolute Gasteiger partial charge is 0.243 e. The Kier molecular flexibility index (Phi) is 4.60. The molecule has 0 bridgehead atoms. The number of carbonyl (C=O) groups excluding carboxylic acids is 1. The highest BCUT2D eigenvalue weighted by Gasteiger charge is 2.05. The number of halogens is 2. The fourth-order valence-electron chi connectivity index (χ4n) is 1.44. The number of hydrogen-bond acceptors (Lipinski definition) is 5. The molecule has 20 heavy (non-hydrogen) atoms. The zero-order chi connectivity index (χ0) is 14.5. The number of amides is 1. The number of hydrogen-bond donors (Lipinski definition) is 3. The number of benzene rings is 1. The first-order valence-corrected chi connectivity index (χ1v) is 6.38.